The highest BCUT2D eigenvalue weighted by atomic mass is 79.9. The SMILES string of the molecule is CCc1nc(-c2ccc(OC)c(OC)c2Cl)nc(N)c1Br. The number of ether oxygens (including phenoxy) is 2. The van der Waals surface area contributed by atoms with Gasteiger partial charge in [-0.25, -0.2) is 9.97 Å². The molecule has 0 aliphatic heterocycles. The molecule has 0 radical (unpaired) electrons. The Balaban J connectivity index is 2.65. The molecule has 7 heteroatoms. The molecule has 0 bridgehead atoms. The molecular weight excluding hydrogens is 358 g/mol. The molecule has 0 aliphatic carbocycles. The first kappa shape index (κ1) is 15.9. The van der Waals surface area contributed by atoms with Gasteiger partial charge in [-0.1, -0.05) is 18.5 Å². The van der Waals surface area contributed by atoms with Crippen LogP contribution in [-0.4, -0.2) is 24.2 Å². The zero-order valence-corrected chi connectivity index (χ0v) is 14.2. The number of methoxy groups -OCH3 is 2. The number of nitrogens with zero attached hydrogens (tertiary/aromatic N) is 2. The fraction of sp³-hybridized carbons (Fsp3) is 0.286. The van der Waals surface area contributed by atoms with Gasteiger partial charge in [0.15, 0.2) is 17.3 Å². The lowest BCUT2D eigenvalue weighted by atomic mass is 10.1. The van der Waals surface area contributed by atoms with E-state index in [1.165, 1.54) is 7.11 Å². The second-order valence-electron chi connectivity index (χ2n) is 4.21. The molecule has 112 valence electrons. The van der Waals surface area contributed by atoms with Crippen LogP contribution >= 0.6 is 27.5 Å². The Morgan fingerprint density at radius 3 is 2.52 bits per heavy atom. The van der Waals surface area contributed by atoms with Crippen LogP contribution in [0.2, 0.25) is 5.02 Å². The van der Waals surface area contributed by atoms with E-state index >= 15 is 0 Å². The highest BCUT2D eigenvalue weighted by Crippen LogP contribution is 2.41. The van der Waals surface area contributed by atoms with Crippen LogP contribution in [0.5, 0.6) is 11.5 Å². The first-order chi connectivity index (χ1) is 10.0. The zero-order valence-electron chi connectivity index (χ0n) is 11.9. The average Bonchev–Trinajstić information content (AvgIpc) is 2.49. The van der Waals surface area contributed by atoms with Gasteiger partial charge >= 0.3 is 0 Å². The molecular formula is C14H15BrClN3O2. The van der Waals surface area contributed by atoms with Gasteiger partial charge in [-0.2, -0.15) is 0 Å². The number of rotatable bonds is 4. The fourth-order valence-electron chi connectivity index (χ4n) is 1.93. The summed E-state index contributed by atoms with van der Waals surface area (Å²) in [7, 11) is 3.08. The number of benzene rings is 1. The molecule has 0 atom stereocenters. The molecule has 1 aromatic carbocycles. The summed E-state index contributed by atoms with van der Waals surface area (Å²) in [6.45, 7) is 1.99. The minimum Gasteiger partial charge on any atom is -0.493 e. The molecule has 0 saturated heterocycles. The lowest BCUT2D eigenvalue weighted by Gasteiger charge is -2.13. The van der Waals surface area contributed by atoms with E-state index < -0.39 is 0 Å². The van der Waals surface area contributed by atoms with Gasteiger partial charge in [0.25, 0.3) is 0 Å². The average molecular weight is 373 g/mol. The van der Waals surface area contributed by atoms with Crippen LogP contribution in [0.4, 0.5) is 5.82 Å². The number of halogens is 2. The summed E-state index contributed by atoms with van der Waals surface area (Å²) in [4.78, 5) is 8.78. The van der Waals surface area contributed by atoms with E-state index in [9.17, 15) is 0 Å². The molecule has 0 saturated carbocycles. The lowest BCUT2D eigenvalue weighted by Crippen LogP contribution is -2.03. The van der Waals surface area contributed by atoms with Crippen molar-refractivity contribution in [3.63, 3.8) is 0 Å². The van der Waals surface area contributed by atoms with Crippen molar-refractivity contribution in [2.75, 3.05) is 20.0 Å². The highest BCUT2D eigenvalue weighted by molar-refractivity contribution is 9.10. The molecule has 21 heavy (non-hydrogen) atoms. The Hall–Kier alpha value is -1.53. The molecule has 2 N–H and O–H groups in total. The van der Waals surface area contributed by atoms with Crippen molar-refractivity contribution in [3.8, 4) is 22.9 Å². The molecule has 0 aliphatic rings. The third kappa shape index (κ3) is 2.91. The van der Waals surface area contributed by atoms with Crippen LogP contribution in [0.15, 0.2) is 16.6 Å². The maximum Gasteiger partial charge on any atom is 0.180 e. The number of anilines is 1. The lowest BCUT2D eigenvalue weighted by molar-refractivity contribution is 0.355. The Morgan fingerprint density at radius 2 is 1.95 bits per heavy atom. The van der Waals surface area contributed by atoms with E-state index in [1.807, 2.05) is 6.92 Å². The molecule has 5 nitrogen and oxygen atoms in total. The van der Waals surface area contributed by atoms with Crippen molar-refractivity contribution in [2.24, 2.45) is 0 Å². The van der Waals surface area contributed by atoms with Crippen LogP contribution in [-0.2, 0) is 6.42 Å². The van der Waals surface area contributed by atoms with Gasteiger partial charge in [-0.3, -0.25) is 0 Å². The Labute approximate surface area is 136 Å². The molecule has 2 rings (SSSR count). The molecule has 1 aromatic heterocycles. The predicted octanol–water partition coefficient (Wildman–Crippen LogP) is 3.72. The summed E-state index contributed by atoms with van der Waals surface area (Å²) in [6, 6.07) is 3.54. The molecule has 0 unspecified atom stereocenters. The van der Waals surface area contributed by atoms with Gasteiger partial charge < -0.3 is 15.2 Å². The minimum absolute atomic E-state index is 0.378. The highest BCUT2D eigenvalue weighted by Gasteiger charge is 2.18. The van der Waals surface area contributed by atoms with Crippen molar-refractivity contribution in [1.29, 1.82) is 0 Å². The number of nitrogens with two attached hydrogens (primary N) is 1. The second kappa shape index (κ2) is 6.49. The standard InChI is InChI=1S/C14H15BrClN3O2/c1-4-8-10(15)13(17)19-14(18-8)7-5-6-9(20-2)12(21-3)11(7)16/h5-6H,4H2,1-3H3,(H2,17,18,19). The Morgan fingerprint density at radius 1 is 1.24 bits per heavy atom. The molecule has 0 fully saturated rings. The first-order valence-corrected chi connectivity index (χ1v) is 7.43. The molecule has 1 heterocycles. The summed E-state index contributed by atoms with van der Waals surface area (Å²) in [5, 5.41) is 0.389. The number of hydrogen-bond acceptors (Lipinski definition) is 5. The van der Waals surface area contributed by atoms with Crippen molar-refractivity contribution in [2.45, 2.75) is 13.3 Å². The maximum absolute atomic E-state index is 6.38. The predicted molar refractivity (Wildman–Crippen MR) is 87.1 cm³/mol. The monoisotopic (exact) mass is 371 g/mol. The van der Waals surface area contributed by atoms with E-state index in [2.05, 4.69) is 25.9 Å². The van der Waals surface area contributed by atoms with Crippen LogP contribution in [0.1, 0.15) is 12.6 Å². The zero-order chi connectivity index (χ0) is 15.6. The maximum atomic E-state index is 6.38. The summed E-state index contributed by atoms with van der Waals surface area (Å²) in [5.74, 6) is 1.83. The number of nitrogen functional groups attached to an aromatic ring is 1. The van der Waals surface area contributed by atoms with E-state index in [0.29, 0.717) is 38.2 Å². The quantitative estimate of drug-likeness (QED) is 0.885. The van der Waals surface area contributed by atoms with E-state index in [1.54, 1.807) is 19.2 Å². The number of hydrogen-bond donors (Lipinski definition) is 1. The van der Waals surface area contributed by atoms with Crippen LogP contribution < -0.4 is 15.2 Å². The van der Waals surface area contributed by atoms with Crippen molar-refractivity contribution in [3.05, 3.63) is 27.3 Å². The first-order valence-electron chi connectivity index (χ1n) is 6.26. The summed E-state index contributed by atoms with van der Waals surface area (Å²) < 4.78 is 11.2. The largest absolute Gasteiger partial charge is 0.493 e. The van der Waals surface area contributed by atoms with E-state index in [0.717, 1.165) is 12.1 Å². The van der Waals surface area contributed by atoms with Crippen molar-refractivity contribution in [1.82, 2.24) is 9.97 Å². The van der Waals surface area contributed by atoms with Crippen molar-refractivity contribution >= 4 is 33.3 Å². The number of aryl methyl sites for hydroxylation is 1. The Bertz CT molecular complexity index is 680. The third-order valence-corrected chi connectivity index (χ3v) is 4.25. The second-order valence-corrected chi connectivity index (χ2v) is 5.38. The normalized spacial score (nSPS) is 10.5. The van der Waals surface area contributed by atoms with Gasteiger partial charge in [0.05, 0.1) is 29.4 Å². The van der Waals surface area contributed by atoms with Crippen LogP contribution in [0.3, 0.4) is 0 Å². The third-order valence-electron chi connectivity index (χ3n) is 3.01. The Kier molecular flexibility index (Phi) is 4.90. The smallest absolute Gasteiger partial charge is 0.180 e. The molecule has 2 aromatic rings. The topological polar surface area (TPSA) is 70.3 Å². The number of aromatic nitrogens is 2. The van der Waals surface area contributed by atoms with E-state index in [-0.39, 0.29) is 0 Å². The summed E-state index contributed by atoms with van der Waals surface area (Å²) >= 11 is 9.77. The molecule has 0 amide bonds. The van der Waals surface area contributed by atoms with Gasteiger partial charge in [0.2, 0.25) is 0 Å². The fourth-order valence-corrected chi connectivity index (χ4v) is 2.71. The van der Waals surface area contributed by atoms with Gasteiger partial charge in [0, 0.05) is 5.56 Å². The van der Waals surface area contributed by atoms with Crippen LogP contribution in [0.25, 0.3) is 11.4 Å². The summed E-state index contributed by atoms with van der Waals surface area (Å²) in [6.07, 6.45) is 0.727. The van der Waals surface area contributed by atoms with Gasteiger partial charge in [0.1, 0.15) is 5.82 Å². The molecule has 0 spiro atoms. The van der Waals surface area contributed by atoms with Gasteiger partial charge in [-0.05, 0) is 34.5 Å². The van der Waals surface area contributed by atoms with E-state index in [4.69, 9.17) is 26.8 Å². The minimum atomic E-state index is 0.378. The van der Waals surface area contributed by atoms with Gasteiger partial charge in [-0.15, -0.1) is 0 Å². The summed E-state index contributed by atoms with van der Waals surface area (Å²) in [5.41, 5.74) is 7.38. The van der Waals surface area contributed by atoms with Crippen molar-refractivity contribution < 1.29 is 9.47 Å². The van der Waals surface area contributed by atoms with Crippen LogP contribution in [0, 0.1) is 0 Å².